The summed E-state index contributed by atoms with van der Waals surface area (Å²) in [6, 6.07) is 10.8. The zero-order valence-electron chi connectivity index (χ0n) is 22.3. The number of β-amino-alcohol motifs (C(OH)–C–C–N with tert-alkyl or cyclic N) is 1. The summed E-state index contributed by atoms with van der Waals surface area (Å²) in [5.41, 5.74) is 3.76. The molecule has 9 nitrogen and oxygen atoms in total. The Bertz CT molecular complexity index is 1550. The summed E-state index contributed by atoms with van der Waals surface area (Å²) in [5, 5.41) is 19.9. The lowest BCUT2D eigenvalue weighted by Crippen LogP contribution is -2.47. The van der Waals surface area contributed by atoms with Crippen molar-refractivity contribution in [2.75, 3.05) is 20.3 Å². The summed E-state index contributed by atoms with van der Waals surface area (Å²) in [6.45, 7) is 5.84. The van der Waals surface area contributed by atoms with Gasteiger partial charge in [-0.25, -0.2) is 4.68 Å². The number of nitrogens with zero attached hydrogens (tertiary/aromatic N) is 5. The number of carbonyl (C=O) groups excluding carboxylic acids is 1. The summed E-state index contributed by atoms with van der Waals surface area (Å²) >= 11 is 12.7. The predicted molar refractivity (Wildman–Crippen MR) is 150 cm³/mol. The fraction of sp³-hybridized carbons (Fsp3) is 0.321. The zero-order valence-corrected chi connectivity index (χ0v) is 23.8. The molecule has 5 rings (SSSR count). The molecule has 1 N–H and O–H groups in total. The summed E-state index contributed by atoms with van der Waals surface area (Å²) in [5.74, 6) is 0.867. The van der Waals surface area contributed by atoms with E-state index in [1.54, 1.807) is 39.6 Å². The first-order valence-electron chi connectivity index (χ1n) is 12.4. The van der Waals surface area contributed by atoms with Gasteiger partial charge in [-0.1, -0.05) is 23.2 Å². The lowest BCUT2D eigenvalue weighted by molar-refractivity contribution is 0.0518. The molecule has 3 heterocycles. The SMILES string of the molecule is COc1cc2c(cc1-c1ccn(C)n1)-c1c(c(C(=O)N(CCO)C(C)(C)C)nn1-c1cc(Cl)cc(Cl)c1)CO2. The average Bonchev–Trinajstić information content (AvgIpc) is 3.48. The van der Waals surface area contributed by atoms with Crippen LogP contribution in [0.3, 0.4) is 0 Å². The second kappa shape index (κ2) is 10.2. The van der Waals surface area contributed by atoms with Crippen LogP contribution >= 0.6 is 23.2 Å². The molecule has 0 aliphatic carbocycles. The first-order valence-corrected chi connectivity index (χ1v) is 13.1. The third-order valence-corrected chi connectivity index (χ3v) is 7.01. The number of hydrogen-bond donors (Lipinski definition) is 1. The highest BCUT2D eigenvalue weighted by molar-refractivity contribution is 6.34. The van der Waals surface area contributed by atoms with E-state index < -0.39 is 5.54 Å². The molecule has 0 radical (unpaired) electrons. The third kappa shape index (κ3) is 4.97. The van der Waals surface area contributed by atoms with Gasteiger partial charge in [-0.3, -0.25) is 9.48 Å². The number of aryl methyl sites for hydroxylation is 1. The number of aliphatic hydroxyl groups is 1. The summed E-state index contributed by atoms with van der Waals surface area (Å²) in [7, 11) is 3.44. The molecule has 204 valence electrons. The van der Waals surface area contributed by atoms with E-state index in [1.807, 2.05) is 52.2 Å². The van der Waals surface area contributed by atoms with Gasteiger partial charge in [0.25, 0.3) is 5.91 Å². The summed E-state index contributed by atoms with van der Waals surface area (Å²) in [6.07, 6.45) is 1.85. The van der Waals surface area contributed by atoms with Crippen molar-refractivity contribution in [2.24, 2.45) is 7.05 Å². The number of ether oxygens (including phenoxy) is 2. The fourth-order valence-corrected chi connectivity index (χ4v) is 5.31. The van der Waals surface area contributed by atoms with E-state index in [4.69, 9.17) is 37.8 Å². The molecule has 11 heteroatoms. The Hall–Kier alpha value is -3.53. The highest BCUT2D eigenvalue weighted by Gasteiger charge is 2.36. The van der Waals surface area contributed by atoms with E-state index >= 15 is 0 Å². The Balaban J connectivity index is 1.78. The van der Waals surface area contributed by atoms with Gasteiger partial charge in [-0.15, -0.1) is 0 Å². The second-order valence-electron chi connectivity index (χ2n) is 10.3. The molecular weight excluding hydrogens is 541 g/mol. The Morgan fingerprint density at radius 2 is 1.85 bits per heavy atom. The van der Waals surface area contributed by atoms with Crippen LogP contribution in [0.2, 0.25) is 10.0 Å². The third-order valence-electron chi connectivity index (χ3n) is 6.57. The number of aromatic nitrogens is 4. The lowest BCUT2D eigenvalue weighted by Gasteiger charge is -2.35. The number of aliphatic hydroxyl groups excluding tert-OH is 1. The lowest BCUT2D eigenvalue weighted by atomic mass is 9.97. The van der Waals surface area contributed by atoms with E-state index in [1.165, 1.54) is 0 Å². The van der Waals surface area contributed by atoms with Gasteiger partial charge in [0.2, 0.25) is 0 Å². The maximum absolute atomic E-state index is 13.9. The van der Waals surface area contributed by atoms with Crippen LogP contribution in [-0.4, -0.2) is 61.3 Å². The number of fused-ring (bicyclic) bond motifs is 3. The number of carbonyl (C=O) groups is 1. The van der Waals surface area contributed by atoms with Gasteiger partial charge in [-0.2, -0.15) is 10.2 Å². The van der Waals surface area contributed by atoms with E-state index in [0.717, 1.165) is 11.3 Å². The molecule has 39 heavy (non-hydrogen) atoms. The van der Waals surface area contributed by atoms with Gasteiger partial charge in [-0.05, 0) is 51.1 Å². The number of halogens is 2. The van der Waals surface area contributed by atoms with Crippen molar-refractivity contribution in [2.45, 2.75) is 32.9 Å². The maximum Gasteiger partial charge on any atom is 0.275 e. The van der Waals surface area contributed by atoms with Crippen LogP contribution in [0, 0.1) is 0 Å². The van der Waals surface area contributed by atoms with Crippen molar-refractivity contribution in [3.05, 3.63) is 63.9 Å². The first-order chi connectivity index (χ1) is 18.5. The largest absolute Gasteiger partial charge is 0.496 e. The average molecular weight is 570 g/mol. The molecule has 0 saturated carbocycles. The normalized spacial score (nSPS) is 12.5. The number of hydrogen-bond acceptors (Lipinski definition) is 6. The Kier molecular flexibility index (Phi) is 7.09. The maximum atomic E-state index is 13.9. The minimum absolute atomic E-state index is 0.112. The Labute approximate surface area is 236 Å². The van der Waals surface area contributed by atoms with Crippen molar-refractivity contribution < 1.29 is 19.4 Å². The minimum atomic E-state index is -0.553. The molecule has 0 fully saturated rings. The summed E-state index contributed by atoms with van der Waals surface area (Å²) < 4.78 is 15.2. The van der Waals surface area contributed by atoms with Crippen LogP contribution in [0.25, 0.3) is 28.2 Å². The van der Waals surface area contributed by atoms with Gasteiger partial charge in [0.1, 0.15) is 18.1 Å². The molecule has 0 spiro atoms. The second-order valence-corrected chi connectivity index (χ2v) is 11.2. The van der Waals surface area contributed by atoms with E-state index in [9.17, 15) is 9.90 Å². The molecule has 2 aromatic carbocycles. The number of methoxy groups -OCH3 is 1. The van der Waals surface area contributed by atoms with E-state index in [0.29, 0.717) is 44.1 Å². The van der Waals surface area contributed by atoms with Crippen molar-refractivity contribution in [3.63, 3.8) is 0 Å². The van der Waals surface area contributed by atoms with Gasteiger partial charge >= 0.3 is 0 Å². The number of benzene rings is 2. The van der Waals surface area contributed by atoms with E-state index in [-0.39, 0.29) is 31.4 Å². The van der Waals surface area contributed by atoms with Gasteiger partial charge in [0, 0.05) is 58.1 Å². The number of amides is 1. The van der Waals surface area contributed by atoms with Crippen molar-refractivity contribution >= 4 is 29.1 Å². The zero-order chi connectivity index (χ0) is 28.1. The van der Waals surface area contributed by atoms with Gasteiger partial charge < -0.3 is 19.5 Å². The molecule has 4 aromatic rings. The van der Waals surface area contributed by atoms with Crippen LogP contribution < -0.4 is 9.47 Å². The van der Waals surface area contributed by atoms with Crippen molar-refractivity contribution in [1.29, 1.82) is 0 Å². The van der Waals surface area contributed by atoms with Crippen LogP contribution in [0.5, 0.6) is 11.5 Å². The monoisotopic (exact) mass is 569 g/mol. The van der Waals surface area contributed by atoms with Crippen LogP contribution in [0.4, 0.5) is 0 Å². The smallest absolute Gasteiger partial charge is 0.275 e. The molecule has 0 bridgehead atoms. The molecule has 1 amide bonds. The van der Waals surface area contributed by atoms with Crippen molar-refractivity contribution in [1.82, 2.24) is 24.5 Å². The molecular formula is C28H29Cl2N5O4. The van der Waals surface area contributed by atoms with Crippen LogP contribution in [-0.2, 0) is 13.7 Å². The minimum Gasteiger partial charge on any atom is -0.496 e. The van der Waals surface area contributed by atoms with E-state index in [2.05, 4.69) is 5.10 Å². The van der Waals surface area contributed by atoms with Gasteiger partial charge in [0.05, 0.1) is 30.8 Å². The predicted octanol–water partition coefficient (Wildman–Crippen LogP) is 5.38. The standard InChI is InChI=1S/C28H29Cl2N5O4/c1-28(2,3)34(8-9-36)27(37)25-21-15-39-24-14-23(38-5)19(22-6-7-33(4)31-22)13-20(24)26(21)35(32-25)18-11-16(29)10-17(30)12-18/h6-7,10-14,36H,8-9,15H2,1-5H3. The molecule has 1 aliphatic rings. The topological polar surface area (TPSA) is 94.6 Å². The van der Waals surface area contributed by atoms with Crippen LogP contribution in [0.1, 0.15) is 36.8 Å². The summed E-state index contributed by atoms with van der Waals surface area (Å²) in [4.78, 5) is 15.5. The molecule has 1 aliphatic heterocycles. The van der Waals surface area contributed by atoms with Gasteiger partial charge in [0.15, 0.2) is 5.69 Å². The Morgan fingerprint density at radius 3 is 2.44 bits per heavy atom. The number of rotatable bonds is 6. The van der Waals surface area contributed by atoms with Crippen LogP contribution in [0.15, 0.2) is 42.6 Å². The highest BCUT2D eigenvalue weighted by atomic mass is 35.5. The molecule has 0 unspecified atom stereocenters. The fourth-order valence-electron chi connectivity index (χ4n) is 4.80. The highest BCUT2D eigenvalue weighted by Crippen LogP contribution is 2.46. The first kappa shape index (κ1) is 27.1. The molecule has 0 atom stereocenters. The molecule has 2 aromatic heterocycles. The van der Waals surface area contributed by atoms with Crippen molar-refractivity contribution in [3.8, 4) is 39.7 Å². The Morgan fingerprint density at radius 1 is 1.13 bits per heavy atom. The quantitative estimate of drug-likeness (QED) is 0.335. The molecule has 0 saturated heterocycles.